The fourth-order valence-corrected chi connectivity index (χ4v) is 2.90. The molecule has 2 atom stereocenters. The van der Waals surface area contributed by atoms with Gasteiger partial charge in [-0.3, -0.25) is 0 Å². The number of fused-ring (bicyclic) bond motifs is 1. The summed E-state index contributed by atoms with van der Waals surface area (Å²) in [5.41, 5.74) is 4.41. The highest BCUT2D eigenvalue weighted by Crippen LogP contribution is 2.40. The number of benzene rings is 1. The maximum Gasteiger partial charge on any atom is 0.0408 e. The highest BCUT2D eigenvalue weighted by Gasteiger charge is 2.33. The Kier molecular flexibility index (Phi) is 3.43. The van der Waals surface area contributed by atoms with E-state index in [9.17, 15) is 0 Å². The molecule has 1 aromatic carbocycles. The summed E-state index contributed by atoms with van der Waals surface area (Å²) in [6.07, 6.45) is 0. The van der Waals surface area contributed by atoms with E-state index in [0.29, 0.717) is 18.0 Å². The van der Waals surface area contributed by atoms with E-state index < -0.39 is 0 Å². The largest absolute Gasteiger partial charge is 0.368 e. The summed E-state index contributed by atoms with van der Waals surface area (Å²) in [5, 5.41) is 3.41. The zero-order chi connectivity index (χ0) is 12.6. The third kappa shape index (κ3) is 2.06. The zero-order valence-electron chi connectivity index (χ0n) is 11.6. The van der Waals surface area contributed by atoms with E-state index in [1.807, 2.05) is 0 Å². The lowest BCUT2D eigenvalue weighted by atomic mass is 9.91. The van der Waals surface area contributed by atoms with E-state index in [2.05, 4.69) is 63.2 Å². The minimum absolute atomic E-state index is 0.526. The Morgan fingerprint density at radius 2 is 2.00 bits per heavy atom. The average Bonchev–Trinajstić information content (AvgIpc) is 2.69. The van der Waals surface area contributed by atoms with Gasteiger partial charge in [-0.05, 0) is 51.9 Å². The van der Waals surface area contributed by atoms with E-state index in [1.165, 1.54) is 11.3 Å². The summed E-state index contributed by atoms with van der Waals surface area (Å²) >= 11 is 0. The van der Waals surface area contributed by atoms with Crippen LogP contribution < -0.4 is 10.2 Å². The number of likely N-dealkylation sites (N-methyl/N-ethyl adjacent to an activating group) is 1. The van der Waals surface area contributed by atoms with Crippen LogP contribution in [0.3, 0.4) is 0 Å². The van der Waals surface area contributed by atoms with Crippen molar-refractivity contribution in [2.75, 3.05) is 18.5 Å². The lowest BCUT2D eigenvalue weighted by molar-refractivity contribution is 0.499. The molecular formula is C15H24N2. The molecule has 94 valence electrons. The monoisotopic (exact) mass is 232 g/mol. The summed E-state index contributed by atoms with van der Waals surface area (Å²) in [4.78, 5) is 2.53. The van der Waals surface area contributed by atoms with E-state index in [4.69, 9.17) is 0 Å². The smallest absolute Gasteiger partial charge is 0.0408 e. The highest BCUT2D eigenvalue weighted by molar-refractivity contribution is 5.63. The van der Waals surface area contributed by atoms with Crippen LogP contribution in [0.4, 0.5) is 5.69 Å². The molecule has 0 aliphatic carbocycles. The first-order valence-electron chi connectivity index (χ1n) is 6.59. The van der Waals surface area contributed by atoms with Gasteiger partial charge in [-0.2, -0.15) is 0 Å². The van der Waals surface area contributed by atoms with Crippen LogP contribution in [0.5, 0.6) is 0 Å². The number of nitrogens with zero attached hydrogens (tertiary/aromatic N) is 1. The van der Waals surface area contributed by atoms with E-state index in [-0.39, 0.29) is 0 Å². The molecular weight excluding hydrogens is 208 g/mol. The molecule has 0 saturated carbocycles. The van der Waals surface area contributed by atoms with E-state index >= 15 is 0 Å². The first kappa shape index (κ1) is 12.4. The quantitative estimate of drug-likeness (QED) is 0.862. The number of nitrogens with one attached hydrogen (secondary N) is 1. The van der Waals surface area contributed by atoms with Crippen molar-refractivity contribution in [1.29, 1.82) is 0 Å². The average molecular weight is 232 g/mol. The van der Waals surface area contributed by atoms with Gasteiger partial charge in [0.05, 0.1) is 0 Å². The molecule has 1 aliphatic heterocycles. The molecule has 2 rings (SSSR count). The predicted octanol–water partition coefficient (Wildman–Crippen LogP) is 2.91. The lowest BCUT2D eigenvalue weighted by Crippen LogP contribution is -2.35. The van der Waals surface area contributed by atoms with Crippen LogP contribution in [-0.2, 0) is 0 Å². The first-order chi connectivity index (χ1) is 8.06. The molecule has 2 nitrogen and oxygen atoms in total. The second-order valence-corrected chi connectivity index (χ2v) is 5.44. The summed E-state index contributed by atoms with van der Waals surface area (Å²) in [6.45, 7) is 10.2. The molecule has 2 unspecified atom stereocenters. The third-order valence-corrected chi connectivity index (χ3v) is 4.06. The molecule has 0 bridgehead atoms. The number of aryl methyl sites for hydroxylation is 1. The maximum atomic E-state index is 3.41. The van der Waals surface area contributed by atoms with Gasteiger partial charge in [0.25, 0.3) is 0 Å². The fraction of sp³-hybridized carbons (Fsp3) is 0.600. The molecule has 0 fully saturated rings. The van der Waals surface area contributed by atoms with Gasteiger partial charge >= 0.3 is 0 Å². The summed E-state index contributed by atoms with van der Waals surface area (Å²) < 4.78 is 0. The number of hydrogen-bond donors (Lipinski definition) is 1. The van der Waals surface area contributed by atoms with Gasteiger partial charge in [-0.25, -0.2) is 0 Å². The summed E-state index contributed by atoms with van der Waals surface area (Å²) in [6, 6.07) is 7.78. The summed E-state index contributed by atoms with van der Waals surface area (Å²) in [7, 11) is 2.06. The van der Waals surface area contributed by atoms with Crippen LogP contribution in [-0.4, -0.2) is 25.7 Å². The highest BCUT2D eigenvalue weighted by atomic mass is 15.2. The van der Waals surface area contributed by atoms with Gasteiger partial charge in [-0.1, -0.05) is 12.1 Å². The Bertz CT molecular complexity index is 398. The van der Waals surface area contributed by atoms with Gasteiger partial charge in [0.2, 0.25) is 0 Å². The van der Waals surface area contributed by atoms with Crippen molar-refractivity contribution in [3.05, 3.63) is 29.3 Å². The van der Waals surface area contributed by atoms with Gasteiger partial charge in [0.1, 0.15) is 0 Å². The first-order valence-corrected chi connectivity index (χ1v) is 6.59. The van der Waals surface area contributed by atoms with Crippen LogP contribution >= 0.6 is 0 Å². The predicted molar refractivity (Wildman–Crippen MR) is 74.9 cm³/mol. The zero-order valence-corrected chi connectivity index (χ0v) is 11.6. The second-order valence-electron chi connectivity index (χ2n) is 5.44. The van der Waals surface area contributed by atoms with Crippen molar-refractivity contribution in [3.63, 3.8) is 0 Å². The topological polar surface area (TPSA) is 15.3 Å². The van der Waals surface area contributed by atoms with Crippen molar-refractivity contribution in [2.24, 2.45) is 0 Å². The van der Waals surface area contributed by atoms with Crippen LogP contribution in [0.25, 0.3) is 0 Å². The maximum absolute atomic E-state index is 3.41. The van der Waals surface area contributed by atoms with E-state index in [0.717, 1.165) is 6.54 Å². The summed E-state index contributed by atoms with van der Waals surface area (Å²) in [5.74, 6) is 0.610. The Hall–Kier alpha value is -1.02. The van der Waals surface area contributed by atoms with Gasteiger partial charge in [0, 0.05) is 30.2 Å². The molecule has 0 amide bonds. The molecule has 0 radical (unpaired) electrons. The molecule has 1 N–H and O–H groups in total. The molecule has 1 aliphatic rings. The Labute approximate surface area is 105 Å². The second kappa shape index (κ2) is 4.69. The van der Waals surface area contributed by atoms with Crippen LogP contribution in [0, 0.1) is 6.92 Å². The Morgan fingerprint density at radius 1 is 1.29 bits per heavy atom. The van der Waals surface area contributed by atoms with Crippen LogP contribution in [0.1, 0.15) is 37.8 Å². The normalized spacial score (nSPS) is 20.8. The van der Waals surface area contributed by atoms with Gasteiger partial charge < -0.3 is 10.2 Å². The standard InChI is InChI=1S/C15H24N2/c1-10(2)17-9-13(12(4)16-5)15-11(3)7-6-8-14(15)17/h6-8,10,12-13,16H,9H2,1-5H3. The van der Waals surface area contributed by atoms with Crippen molar-refractivity contribution in [2.45, 2.75) is 45.7 Å². The Balaban J connectivity index is 2.45. The lowest BCUT2D eigenvalue weighted by Gasteiger charge is -2.25. The molecule has 2 heteroatoms. The minimum atomic E-state index is 0.526. The van der Waals surface area contributed by atoms with Crippen molar-refractivity contribution in [1.82, 2.24) is 5.32 Å². The third-order valence-electron chi connectivity index (χ3n) is 4.06. The SMILES string of the molecule is CNC(C)C1CN(C(C)C)c2cccc(C)c21. The van der Waals surface area contributed by atoms with Crippen molar-refractivity contribution in [3.8, 4) is 0 Å². The molecule has 1 heterocycles. The number of anilines is 1. The molecule has 17 heavy (non-hydrogen) atoms. The van der Waals surface area contributed by atoms with Crippen LogP contribution in [0.2, 0.25) is 0 Å². The Morgan fingerprint density at radius 3 is 2.59 bits per heavy atom. The molecule has 0 spiro atoms. The number of rotatable bonds is 3. The van der Waals surface area contributed by atoms with Gasteiger partial charge in [-0.15, -0.1) is 0 Å². The van der Waals surface area contributed by atoms with Crippen molar-refractivity contribution >= 4 is 5.69 Å². The molecule has 0 saturated heterocycles. The van der Waals surface area contributed by atoms with Gasteiger partial charge in [0.15, 0.2) is 0 Å². The fourth-order valence-electron chi connectivity index (χ4n) is 2.90. The minimum Gasteiger partial charge on any atom is -0.368 e. The van der Waals surface area contributed by atoms with Crippen LogP contribution in [0.15, 0.2) is 18.2 Å². The van der Waals surface area contributed by atoms with Crippen molar-refractivity contribution < 1.29 is 0 Å². The van der Waals surface area contributed by atoms with E-state index in [1.54, 1.807) is 5.56 Å². The molecule has 0 aromatic heterocycles. The number of hydrogen-bond acceptors (Lipinski definition) is 2. The molecule has 1 aromatic rings.